The number of hydrogen-bond acceptors (Lipinski definition) is 3. The van der Waals surface area contributed by atoms with Gasteiger partial charge in [0, 0.05) is 11.6 Å². The van der Waals surface area contributed by atoms with E-state index in [1.54, 1.807) is 24.3 Å². The summed E-state index contributed by atoms with van der Waals surface area (Å²) < 4.78 is 24.9. The summed E-state index contributed by atoms with van der Waals surface area (Å²) in [5.41, 5.74) is 0.390. The molecule has 0 aliphatic carbocycles. The third kappa shape index (κ3) is 3.42. The van der Waals surface area contributed by atoms with Crippen molar-refractivity contribution in [1.82, 2.24) is 0 Å². The van der Waals surface area contributed by atoms with Gasteiger partial charge in [-0.1, -0.05) is 0 Å². The van der Waals surface area contributed by atoms with Crippen molar-refractivity contribution in [2.45, 2.75) is 6.92 Å². The maximum absolute atomic E-state index is 13.9. The summed E-state index contributed by atoms with van der Waals surface area (Å²) in [7, 11) is 1.44. The van der Waals surface area contributed by atoms with Crippen molar-refractivity contribution in [2.24, 2.45) is 0 Å². The number of methoxy groups -OCH3 is 1. The largest absolute Gasteiger partial charge is 0.497 e. The highest BCUT2D eigenvalue weighted by atomic mass is 79.9. The van der Waals surface area contributed by atoms with Crippen LogP contribution in [-0.4, -0.2) is 19.5 Å². The molecule has 0 aromatic heterocycles. The zero-order valence-corrected chi connectivity index (χ0v) is 13.2. The zero-order valence-electron chi connectivity index (χ0n) is 11.7. The molecule has 0 amide bonds. The fourth-order valence-electron chi connectivity index (χ4n) is 1.88. The van der Waals surface area contributed by atoms with Gasteiger partial charge >= 0.3 is 0 Å². The van der Waals surface area contributed by atoms with Gasteiger partial charge in [0.1, 0.15) is 17.3 Å². The van der Waals surface area contributed by atoms with Crippen LogP contribution < -0.4 is 9.47 Å². The highest BCUT2D eigenvalue weighted by Gasteiger charge is 2.16. The van der Waals surface area contributed by atoms with E-state index in [1.807, 2.05) is 6.92 Å². The van der Waals surface area contributed by atoms with Crippen LogP contribution in [0.25, 0.3) is 0 Å². The molecule has 0 spiro atoms. The number of halogens is 2. The minimum absolute atomic E-state index is 0.00635. The fraction of sp³-hybridized carbons (Fsp3) is 0.188. The van der Waals surface area contributed by atoms with Crippen LogP contribution in [0, 0.1) is 5.82 Å². The molecule has 5 heteroatoms. The summed E-state index contributed by atoms with van der Waals surface area (Å²) in [6.45, 7) is 2.40. The maximum Gasteiger partial charge on any atom is 0.196 e. The van der Waals surface area contributed by atoms with Crippen molar-refractivity contribution in [3.63, 3.8) is 0 Å². The smallest absolute Gasteiger partial charge is 0.196 e. The van der Waals surface area contributed by atoms with Gasteiger partial charge in [0.15, 0.2) is 5.78 Å². The molecule has 21 heavy (non-hydrogen) atoms. The number of carbonyl (C=O) groups excluding carboxylic acids is 1. The van der Waals surface area contributed by atoms with Crippen molar-refractivity contribution in [1.29, 1.82) is 0 Å². The molecule has 0 N–H and O–H groups in total. The molecular formula is C16H14BrFO3. The van der Waals surface area contributed by atoms with E-state index in [1.165, 1.54) is 19.2 Å². The lowest BCUT2D eigenvalue weighted by Gasteiger charge is -2.08. The third-order valence-electron chi connectivity index (χ3n) is 2.91. The number of ether oxygens (including phenoxy) is 2. The van der Waals surface area contributed by atoms with E-state index >= 15 is 0 Å². The van der Waals surface area contributed by atoms with Crippen LogP contribution in [0.5, 0.6) is 11.5 Å². The summed E-state index contributed by atoms with van der Waals surface area (Å²) in [6.07, 6.45) is 0. The Labute approximate surface area is 130 Å². The van der Waals surface area contributed by atoms with Crippen molar-refractivity contribution >= 4 is 21.7 Å². The van der Waals surface area contributed by atoms with Gasteiger partial charge in [-0.2, -0.15) is 0 Å². The lowest BCUT2D eigenvalue weighted by molar-refractivity contribution is 0.103. The van der Waals surface area contributed by atoms with E-state index in [0.717, 1.165) is 0 Å². The Hall–Kier alpha value is -1.88. The minimum atomic E-state index is -0.607. The SMILES string of the molecule is CCOc1ccc(C(=O)c2ccc(OC)cc2F)cc1Br. The molecule has 0 aliphatic rings. The average Bonchev–Trinajstić information content (AvgIpc) is 2.48. The van der Waals surface area contributed by atoms with Crippen LogP contribution in [0.1, 0.15) is 22.8 Å². The van der Waals surface area contributed by atoms with Gasteiger partial charge < -0.3 is 9.47 Å². The molecule has 0 unspecified atom stereocenters. The van der Waals surface area contributed by atoms with Crippen molar-refractivity contribution < 1.29 is 18.7 Å². The quantitative estimate of drug-likeness (QED) is 0.755. The van der Waals surface area contributed by atoms with Crippen LogP contribution in [0.15, 0.2) is 40.9 Å². The minimum Gasteiger partial charge on any atom is -0.497 e. The summed E-state index contributed by atoms with van der Waals surface area (Å²) in [6, 6.07) is 9.08. The Balaban J connectivity index is 2.34. The van der Waals surface area contributed by atoms with Crippen LogP contribution in [0.3, 0.4) is 0 Å². The molecule has 0 saturated heterocycles. The first kappa shape index (κ1) is 15.5. The molecule has 2 rings (SSSR count). The molecule has 0 aliphatic heterocycles. The first-order valence-electron chi connectivity index (χ1n) is 6.37. The van der Waals surface area contributed by atoms with Gasteiger partial charge in [0.25, 0.3) is 0 Å². The Bertz CT molecular complexity index is 671. The fourth-order valence-corrected chi connectivity index (χ4v) is 2.37. The number of ketones is 1. The van der Waals surface area contributed by atoms with E-state index in [0.29, 0.717) is 28.1 Å². The topological polar surface area (TPSA) is 35.5 Å². The zero-order chi connectivity index (χ0) is 15.4. The van der Waals surface area contributed by atoms with Crippen LogP contribution in [0.4, 0.5) is 4.39 Å². The maximum atomic E-state index is 13.9. The molecule has 0 heterocycles. The molecule has 0 radical (unpaired) electrons. The predicted molar refractivity (Wildman–Crippen MR) is 81.7 cm³/mol. The van der Waals surface area contributed by atoms with Crippen LogP contribution >= 0.6 is 15.9 Å². The number of rotatable bonds is 5. The van der Waals surface area contributed by atoms with Gasteiger partial charge in [0.2, 0.25) is 0 Å². The second-order valence-electron chi connectivity index (χ2n) is 4.25. The Morgan fingerprint density at radius 2 is 2.00 bits per heavy atom. The van der Waals surface area contributed by atoms with Crippen LogP contribution in [-0.2, 0) is 0 Å². The van der Waals surface area contributed by atoms with Gasteiger partial charge in [0.05, 0.1) is 23.8 Å². The lowest BCUT2D eigenvalue weighted by Crippen LogP contribution is -2.05. The van der Waals surface area contributed by atoms with Gasteiger partial charge in [-0.25, -0.2) is 4.39 Å². The molecular weight excluding hydrogens is 339 g/mol. The molecule has 2 aromatic carbocycles. The molecule has 0 bridgehead atoms. The summed E-state index contributed by atoms with van der Waals surface area (Å²) >= 11 is 3.34. The predicted octanol–water partition coefficient (Wildman–Crippen LogP) is 4.23. The van der Waals surface area contributed by atoms with E-state index in [2.05, 4.69) is 15.9 Å². The first-order chi connectivity index (χ1) is 10.1. The summed E-state index contributed by atoms with van der Waals surface area (Å²) in [5.74, 6) is 0.0180. The second-order valence-corrected chi connectivity index (χ2v) is 5.11. The van der Waals surface area contributed by atoms with Gasteiger partial charge in [-0.3, -0.25) is 4.79 Å². The Kier molecular flexibility index (Phi) is 4.96. The highest BCUT2D eigenvalue weighted by Crippen LogP contribution is 2.28. The standard InChI is InChI=1S/C16H14BrFO3/c1-3-21-15-7-4-10(8-13(15)17)16(19)12-6-5-11(20-2)9-14(12)18/h4-9H,3H2,1-2H3. The molecule has 0 fully saturated rings. The first-order valence-corrected chi connectivity index (χ1v) is 7.16. The highest BCUT2D eigenvalue weighted by molar-refractivity contribution is 9.10. The van der Waals surface area contributed by atoms with Gasteiger partial charge in [-0.05, 0) is 53.2 Å². The molecule has 2 aromatic rings. The number of carbonyl (C=O) groups is 1. The van der Waals surface area contributed by atoms with E-state index in [4.69, 9.17) is 9.47 Å². The number of hydrogen-bond donors (Lipinski definition) is 0. The lowest BCUT2D eigenvalue weighted by atomic mass is 10.0. The normalized spacial score (nSPS) is 10.3. The van der Waals surface area contributed by atoms with Crippen LogP contribution in [0.2, 0.25) is 0 Å². The Morgan fingerprint density at radius 1 is 1.24 bits per heavy atom. The van der Waals surface area contributed by atoms with E-state index < -0.39 is 5.82 Å². The summed E-state index contributed by atoms with van der Waals surface area (Å²) in [5, 5.41) is 0. The van der Waals surface area contributed by atoms with E-state index in [9.17, 15) is 9.18 Å². The second kappa shape index (κ2) is 6.72. The van der Waals surface area contributed by atoms with E-state index in [-0.39, 0.29) is 11.3 Å². The average molecular weight is 353 g/mol. The van der Waals surface area contributed by atoms with Crippen molar-refractivity contribution in [2.75, 3.05) is 13.7 Å². The third-order valence-corrected chi connectivity index (χ3v) is 3.53. The molecule has 0 saturated carbocycles. The van der Waals surface area contributed by atoms with Crippen molar-refractivity contribution in [3.8, 4) is 11.5 Å². The van der Waals surface area contributed by atoms with Gasteiger partial charge in [-0.15, -0.1) is 0 Å². The molecule has 110 valence electrons. The number of benzene rings is 2. The molecule has 0 atom stereocenters. The van der Waals surface area contributed by atoms with Crippen molar-refractivity contribution in [3.05, 3.63) is 57.8 Å². The molecule has 3 nitrogen and oxygen atoms in total. The summed E-state index contributed by atoms with van der Waals surface area (Å²) in [4.78, 5) is 12.3. The monoisotopic (exact) mass is 352 g/mol. The Morgan fingerprint density at radius 3 is 2.57 bits per heavy atom.